The Labute approximate surface area is 75.7 Å². The molecule has 0 radical (unpaired) electrons. The minimum atomic E-state index is 0.724. The van der Waals surface area contributed by atoms with Crippen molar-refractivity contribution in [2.24, 2.45) is 5.92 Å². The van der Waals surface area contributed by atoms with Crippen molar-refractivity contribution < 1.29 is 4.74 Å². The first-order chi connectivity index (χ1) is 5.88. The van der Waals surface area contributed by atoms with E-state index >= 15 is 0 Å². The highest BCUT2D eigenvalue weighted by molar-refractivity contribution is 4.85. The van der Waals surface area contributed by atoms with Crippen LogP contribution in [-0.4, -0.2) is 25.8 Å². The Bertz CT molecular complexity index is 112. The van der Waals surface area contributed by atoms with Crippen molar-refractivity contribution in [2.45, 2.75) is 39.2 Å². The van der Waals surface area contributed by atoms with E-state index in [1.54, 1.807) is 0 Å². The second kappa shape index (κ2) is 5.55. The quantitative estimate of drug-likeness (QED) is 0.590. The summed E-state index contributed by atoms with van der Waals surface area (Å²) in [4.78, 5) is 0. The van der Waals surface area contributed by atoms with Crippen molar-refractivity contribution in [1.29, 1.82) is 0 Å². The predicted molar refractivity (Wildman–Crippen MR) is 51.3 cm³/mol. The monoisotopic (exact) mass is 171 g/mol. The highest BCUT2D eigenvalue weighted by Gasteiger charge is 2.29. The number of hydrogen-bond donors (Lipinski definition) is 1. The lowest BCUT2D eigenvalue weighted by Gasteiger charge is -2.16. The molecule has 1 rings (SSSR count). The molecule has 0 aromatic rings. The molecule has 0 saturated heterocycles. The molecule has 0 amide bonds. The van der Waals surface area contributed by atoms with Gasteiger partial charge in [0.05, 0.1) is 0 Å². The fourth-order valence-corrected chi connectivity index (χ4v) is 1.62. The molecule has 1 N–H and O–H groups in total. The fraction of sp³-hybridized carbons (Fsp3) is 1.00. The minimum absolute atomic E-state index is 0.724. The highest BCUT2D eigenvalue weighted by atomic mass is 16.5. The van der Waals surface area contributed by atoms with Gasteiger partial charge in [0.15, 0.2) is 0 Å². The van der Waals surface area contributed by atoms with E-state index in [-0.39, 0.29) is 0 Å². The van der Waals surface area contributed by atoms with Gasteiger partial charge in [-0.25, -0.2) is 0 Å². The van der Waals surface area contributed by atoms with Gasteiger partial charge in [0, 0.05) is 19.3 Å². The van der Waals surface area contributed by atoms with E-state index < -0.39 is 0 Å². The maximum atomic E-state index is 5.35. The molecular formula is C10H21NO. The van der Waals surface area contributed by atoms with Gasteiger partial charge in [0.2, 0.25) is 0 Å². The van der Waals surface area contributed by atoms with E-state index in [0.717, 1.165) is 31.7 Å². The molecule has 2 nitrogen and oxygen atoms in total. The van der Waals surface area contributed by atoms with E-state index in [1.807, 2.05) is 0 Å². The van der Waals surface area contributed by atoms with Crippen LogP contribution >= 0.6 is 0 Å². The summed E-state index contributed by atoms with van der Waals surface area (Å²) in [7, 11) is 0. The topological polar surface area (TPSA) is 21.3 Å². The van der Waals surface area contributed by atoms with Crippen LogP contribution in [0.1, 0.15) is 33.1 Å². The zero-order valence-electron chi connectivity index (χ0n) is 8.31. The molecule has 1 saturated carbocycles. The van der Waals surface area contributed by atoms with Crippen LogP contribution in [0.15, 0.2) is 0 Å². The summed E-state index contributed by atoms with van der Waals surface area (Å²) in [6.07, 6.45) is 4.03. The highest BCUT2D eigenvalue weighted by Crippen LogP contribution is 2.33. The van der Waals surface area contributed by atoms with Gasteiger partial charge in [-0.1, -0.05) is 6.92 Å². The minimum Gasteiger partial charge on any atom is -0.382 e. The van der Waals surface area contributed by atoms with E-state index in [9.17, 15) is 0 Å². The van der Waals surface area contributed by atoms with Gasteiger partial charge < -0.3 is 10.1 Å². The molecule has 1 atom stereocenters. The normalized spacial score (nSPS) is 19.5. The van der Waals surface area contributed by atoms with Crippen LogP contribution in [0, 0.1) is 5.92 Å². The smallest absolute Gasteiger partial charge is 0.0480 e. The van der Waals surface area contributed by atoms with Crippen molar-refractivity contribution in [2.75, 3.05) is 19.8 Å². The van der Waals surface area contributed by atoms with Crippen LogP contribution in [0.2, 0.25) is 0 Å². The fourth-order valence-electron chi connectivity index (χ4n) is 1.62. The summed E-state index contributed by atoms with van der Waals surface area (Å²) in [5.41, 5.74) is 0. The summed E-state index contributed by atoms with van der Waals surface area (Å²) in [5, 5.41) is 3.52. The largest absolute Gasteiger partial charge is 0.382 e. The zero-order chi connectivity index (χ0) is 8.81. The Morgan fingerprint density at radius 1 is 1.42 bits per heavy atom. The van der Waals surface area contributed by atoms with Crippen molar-refractivity contribution in [1.82, 2.24) is 5.32 Å². The van der Waals surface area contributed by atoms with Gasteiger partial charge in [0.1, 0.15) is 0 Å². The summed E-state index contributed by atoms with van der Waals surface area (Å²) in [6, 6.07) is 0.724. The average Bonchev–Trinajstić information content (AvgIpc) is 2.86. The zero-order valence-corrected chi connectivity index (χ0v) is 8.31. The molecule has 2 heteroatoms. The van der Waals surface area contributed by atoms with Gasteiger partial charge >= 0.3 is 0 Å². The predicted octanol–water partition coefficient (Wildman–Crippen LogP) is 1.80. The lowest BCUT2D eigenvalue weighted by atomic mass is 10.1. The molecular weight excluding hydrogens is 150 g/mol. The molecule has 0 aliphatic heterocycles. The third-order valence-corrected chi connectivity index (χ3v) is 2.43. The number of hydrogen-bond acceptors (Lipinski definition) is 2. The van der Waals surface area contributed by atoms with Gasteiger partial charge in [0.25, 0.3) is 0 Å². The molecule has 0 spiro atoms. The first-order valence-corrected chi connectivity index (χ1v) is 5.19. The number of nitrogens with one attached hydrogen (secondary N) is 1. The Morgan fingerprint density at radius 3 is 2.67 bits per heavy atom. The van der Waals surface area contributed by atoms with Gasteiger partial charge in [-0.15, -0.1) is 0 Å². The summed E-state index contributed by atoms with van der Waals surface area (Å²) >= 11 is 0. The first kappa shape index (κ1) is 10.0. The van der Waals surface area contributed by atoms with Crippen LogP contribution in [-0.2, 0) is 4.74 Å². The summed E-state index contributed by atoms with van der Waals surface area (Å²) in [6.45, 7) is 7.09. The molecule has 0 aromatic heterocycles. The lowest BCUT2D eigenvalue weighted by molar-refractivity contribution is 0.134. The summed E-state index contributed by atoms with van der Waals surface area (Å²) in [5.74, 6) is 0.949. The van der Waals surface area contributed by atoms with Crippen molar-refractivity contribution >= 4 is 0 Å². The van der Waals surface area contributed by atoms with E-state index in [0.29, 0.717) is 0 Å². The van der Waals surface area contributed by atoms with Crippen molar-refractivity contribution in [3.05, 3.63) is 0 Å². The molecule has 72 valence electrons. The third kappa shape index (κ3) is 3.55. The van der Waals surface area contributed by atoms with Gasteiger partial charge in [-0.3, -0.25) is 0 Å². The van der Waals surface area contributed by atoms with Crippen LogP contribution < -0.4 is 5.32 Å². The van der Waals surface area contributed by atoms with Crippen LogP contribution in [0.3, 0.4) is 0 Å². The lowest BCUT2D eigenvalue weighted by Crippen LogP contribution is -2.32. The molecule has 0 heterocycles. The standard InChI is InChI=1S/C10H21NO/c1-3-11-10(9-5-6-9)7-8-12-4-2/h9-11H,3-8H2,1-2H3. The van der Waals surface area contributed by atoms with E-state index in [4.69, 9.17) is 4.74 Å². The molecule has 0 bridgehead atoms. The average molecular weight is 171 g/mol. The maximum Gasteiger partial charge on any atom is 0.0480 e. The van der Waals surface area contributed by atoms with Crippen molar-refractivity contribution in [3.8, 4) is 0 Å². The van der Waals surface area contributed by atoms with Gasteiger partial charge in [-0.05, 0) is 38.6 Å². The third-order valence-electron chi connectivity index (χ3n) is 2.43. The Kier molecular flexibility index (Phi) is 4.62. The number of ether oxygens (including phenoxy) is 1. The van der Waals surface area contributed by atoms with Crippen LogP contribution in [0.4, 0.5) is 0 Å². The van der Waals surface area contributed by atoms with Gasteiger partial charge in [-0.2, -0.15) is 0 Å². The van der Waals surface area contributed by atoms with E-state index in [2.05, 4.69) is 19.2 Å². The molecule has 1 unspecified atom stereocenters. The Balaban J connectivity index is 2.05. The maximum absolute atomic E-state index is 5.35. The molecule has 1 aliphatic rings. The SMILES string of the molecule is CCNC(CCOCC)C1CC1. The summed E-state index contributed by atoms with van der Waals surface area (Å²) < 4.78 is 5.35. The van der Waals surface area contributed by atoms with Crippen LogP contribution in [0.5, 0.6) is 0 Å². The second-order valence-corrected chi connectivity index (χ2v) is 3.49. The molecule has 12 heavy (non-hydrogen) atoms. The Hall–Kier alpha value is -0.0800. The second-order valence-electron chi connectivity index (χ2n) is 3.49. The molecule has 1 fully saturated rings. The van der Waals surface area contributed by atoms with E-state index in [1.165, 1.54) is 19.3 Å². The first-order valence-electron chi connectivity index (χ1n) is 5.19. The van der Waals surface area contributed by atoms with Crippen LogP contribution in [0.25, 0.3) is 0 Å². The Morgan fingerprint density at radius 2 is 2.17 bits per heavy atom. The molecule has 1 aliphatic carbocycles. The van der Waals surface area contributed by atoms with Crippen molar-refractivity contribution in [3.63, 3.8) is 0 Å². The molecule has 0 aromatic carbocycles. The number of rotatable bonds is 7.